The molecule has 0 unspecified atom stereocenters. The third-order valence-electron chi connectivity index (χ3n) is 4.67. The molecule has 0 radical (unpaired) electrons. The quantitative estimate of drug-likeness (QED) is 0.631. The van der Waals surface area contributed by atoms with Crippen molar-refractivity contribution < 1.29 is 14.6 Å². The summed E-state index contributed by atoms with van der Waals surface area (Å²) in [6, 6.07) is 6.24. The van der Waals surface area contributed by atoms with E-state index in [-0.39, 0.29) is 5.91 Å². The number of rotatable bonds is 3. The van der Waals surface area contributed by atoms with Crippen molar-refractivity contribution in [2.45, 2.75) is 24.3 Å². The van der Waals surface area contributed by atoms with Gasteiger partial charge in [-0.2, -0.15) is 0 Å². The summed E-state index contributed by atoms with van der Waals surface area (Å²) in [6.07, 6.45) is 0. The molecule has 1 amide bonds. The Morgan fingerprint density at radius 2 is 1.96 bits per heavy atom. The topological polar surface area (TPSA) is 65.0 Å². The molecule has 0 fully saturated rings. The van der Waals surface area contributed by atoms with Gasteiger partial charge in [0.1, 0.15) is 18.0 Å². The van der Waals surface area contributed by atoms with Gasteiger partial charge in [0, 0.05) is 37.6 Å². The fourth-order valence-corrected chi connectivity index (χ4v) is 4.50. The highest BCUT2D eigenvalue weighted by atomic mass is 32.2. The molecule has 7 heteroatoms. The molecular formula is C18H23N3O3S. The zero-order valence-corrected chi connectivity index (χ0v) is 15.4. The molecule has 6 nitrogen and oxygen atoms in total. The summed E-state index contributed by atoms with van der Waals surface area (Å²) in [5, 5.41) is 13.3. The van der Waals surface area contributed by atoms with Gasteiger partial charge in [0.05, 0.1) is 5.69 Å². The largest absolute Gasteiger partial charge is 0.490 e. The fraction of sp³-hybridized carbons (Fsp3) is 0.500. The lowest BCUT2D eigenvalue weighted by Gasteiger charge is -2.27. The Labute approximate surface area is 152 Å². The van der Waals surface area contributed by atoms with Crippen LogP contribution in [-0.4, -0.2) is 65.2 Å². The molecule has 1 aromatic rings. The van der Waals surface area contributed by atoms with Crippen LogP contribution in [0.25, 0.3) is 0 Å². The summed E-state index contributed by atoms with van der Waals surface area (Å²) in [6.45, 7) is 7.63. The Morgan fingerprint density at radius 1 is 1.24 bits per heavy atom. The Balaban J connectivity index is 1.36. The summed E-state index contributed by atoms with van der Waals surface area (Å²) in [5.41, 5.74) is 2.37. The van der Waals surface area contributed by atoms with E-state index in [4.69, 9.17) is 4.74 Å². The number of benzene rings is 1. The fourth-order valence-electron chi connectivity index (χ4n) is 3.47. The number of ether oxygens (including phenoxy) is 1. The number of fused-ring (bicyclic) bond motifs is 1. The first-order valence-corrected chi connectivity index (χ1v) is 9.32. The lowest BCUT2D eigenvalue weighted by atomic mass is 10.1. The highest BCUT2D eigenvalue weighted by Crippen LogP contribution is 2.37. The molecule has 25 heavy (non-hydrogen) atoms. The lowest BCUT2D eigenvalue weighted by molar-refractivity contribution is -0.146. The molecule has 1 aromatic carbocycles. The minimum Gasteiger partial charge on any atom is -0.490 e. The highest BCUT2D eigenvalue weighted by Gasteiger charge is 2.37. The number of nitrogens with zero attached hydrogens (tertiary/aromatic N) is 2. The first-order chi connectivity index (χ1) is 11.9. The van der Waals surface area contributed by atoms with Crippen LogP contribution in [0.1, 0.15) is 13.8 Å². The van der Waals surface area contributed by atoms with Crippen LogP contribution in [0.5, 0.6) is 5.75 Å². The number of amides is 1. The van der Waals surface area contributed by atoms with Crippen LogP contribution >= 0.6 is 11.9 Å². The zero-order valence-electron chi connectivity index (χ0n) is 14.5. The van der Waals surface area contributed by atoms with E-state index in [9.17, 15) is 9.90 Å². The maximum absolute atomic E-state index is 12.2. The standard InChI is InChI=1S/C18H23N3O3S/c1-18(2,23)17(22)20-8-12-10-21(11-13(12)9-20)25-14-3-4-16-15(7-14)19-5-6-24-16/h3-4,7,19,23H,5-6,8-11H2,1-2H3. The molecule has 3 aliphatic heterocycles. The van der Waals surface area contributed by atoms with Crippen LogP contribution in [0.15, 0.2) is 34.2 Å². The maximum atomic E-state index is 12.2. The van der Waals surface area contributed by atoms with E-state index < -0.39 is 5.60 Å². The minimum atomic E-state index is -1.30. The molecule has 134 valence electrons. The van der Waals surface area contributed by atoms with Gasteiger partial charge in [0.25, 0.3) is 5.91 Å². The second-order valence-corrected chi connectivity index (χ2v) is 8.42. The number of anilines is 1. The van der Waals surface area contributed by atoms with Gasteiger partial charge < -0.3 is 20.1 Å². The Hall–Kier alpha value is -1.70. The number of aliphatic hydroxyl groups is 1. The number of nitrogens with one attached hydrogen (secondary N) is 1. The van der Waals surface area contributed by atoms with Gasteiger partial charge in [-0.25, -0.2) is 4.31 Å². The normalized spacial score (nSPS) is 20.2. The third-order valence-corrected chi connectivity index (χ3v) is 5.65. The second-order valence-electron chi connectivity index (χ2n) is 7.25. The molecule has 0 aliphatic carbocycles. The van der Waals surface area contributed by atoms with Crippen LogP contribution in [0, 0.1) is 0 Å². The molecule has 0 saturated heterocycles. The maximum Gasteiger partial charge on any atom is 0.254 e. The van der Waals surface area contributed by atoms with E-state index in [0.717, 1.165) is 31.1 Å². The molecular weight excluding hydrogens is 338 g/mol. The van der Waals surface area contributed by atoms with Gasteiger partial charge in [-0.1, -0.05) is 0 Å². The molecule has 2 N–H and O–H groups in total. The molecule has 0 aromatic heterocycles. The average Bonchev–Trinajstić information content (AvgIpc) is 3.11. The summed E-state index contributed by atoms with van der Waals surface area (Å²) < 4.78 is 7.94. The van der Waals surface area contributed by atoms with Crippen molar-refractivity contribution in [1.82, 2.24) is 9.21 Å². The number of carbonyl (C=O) groups is 1. The van der Waals surface area contributed by atoms with Crippen molar-refractivity contribution in [2.24, 2.45) is 0 Å². The van der Waals surface area contributed by atoms with Gasteiger partial charge in [-0.05, 0) is 55.1 Å². The summed E-state index contributed by atoms with van der Waals surface area (Å²) in [4.78, 5) is 15.2. The third kappa shape index (κ3) is 3.36. The first kappa shape index (κ1) is 16.8. The van der Waals surface area contributed by atoms with Gasteiger partial charge in [0.2, 0.25) is 0 Å². The van der Waals surface area contributed by atoms with Crippen molar-refractivity contribution in [3.05, 3.63) is 29.3 Å². The Morgan fingerprint density at radius 3 is 2.64 bits per heavy atom. The second kappa shape index (κ2) is 6.23. The van der Waals surface area contributed by atoms with Crippen LogP contribution in [0.2, 0.25) is 0 Å². The molecule has 0 atom stereocenters. The molecule has 4 rings (SSSR count). The minimum absolute atomic E-state index is 0.193. The van der Waals surface area contributed by atoms with Crippen molar-refractivity contribution in [2.75, 3.05) is 44.6 Å². The predicted molar refractivity (Wildman–Crippen MR) is 97.8 cm³/mol. The van der Waals surface area contributed by atoms with E-state index in [1.165, 1.54) is 16.0 Å². The summed E-state index contributed by atoms with van der Waals surface area (Å²) in [5.74, 6) is 0.722. The van der Waals surface area contributed by atoms with Crippen molar-refractivity contribution in [3.63, 3.8) is 0 Å². The van der Waals surface area contributed by atoms with Crippen LogP contribution in [0.4, 0.5) is 5.69 Å². The van der Waals surface area contributed by atoms with Gasteiger partial charge in [-0.3, -0.25) is 4.79 Å². The molecule has 0 bridgehead atoms. The van der Waals surface area contributed by atoms with Gasteiger partial charge in [0.15, 0.2) is 0 Å². The Bertz CT molecular complexity index is 724. The number of carbonyl (C=O) groups excluding carboxylic acids is 1. The first-order valence-electron chi connectivity index (χ1n) is 8.55. The lowest BCUT2D eigenvalue weighted by Crippen LogP contribution is -2.45. The van der Waals surface area contributed by atoms with Crippen molar-refractivity contribution >= 4 is 23.5 Å². The van der Waals surface area contributed by atoms with E-state index in [1.54, 1.807) is 30.7 Å². The monoisotopic (exact) mass is 361 g/mol. The predicted octanol–water partition coefficient (Wildman–Crippen LogP) is 1.72. The molecule has 3 aliphatic rings. The summed E-state index contributed by atoms with van der Waals surface area (Å²) in [7, 11) is 0. The zero-order chi connectivity index (χ0) is 17.6. The molecule has 3 heterocycles. The van der Waals surface area contributed by atoms with Crippen LogP contribution in [-0.2, 0) is 4.79 Å². The van der Waals surface area contributed by atoms with E-state index in [1.807, 2.05) is 6.07 Å². The average molecular weight is 361 g/mol. The number of hydrogen-bond acceptors (Lipinski definition) is 6. The Kier molecular flexibility index (Phi) is 4.17. The van der Waals surface area contributed by atoms with Crippen LogP contribution < -0.4 is 10.1 Å². The van der Waals surface area contributed by atoms with Crippen LogP contribution in [0.3, 0.4) is 0 Å². The summed E-state index contributed by atoms with van der Waals surface area (Å²) >= 11 is 1.74. The van der Waals surface area contributed by atoms with E-state index in [0.29, 0.717) is 19.7 Å². The van der Waals surface area contributed by atoms with Crippen molar-refractivity contribution in [3.8, 4) is 5.75 Å². The van der Waals surface area contributed by atoms with Crippen molar-refractivity contribution in [1.29, 1.82) is 0 Å². The van der Waals surface area contributed by atoms with E-state index >= 15 is 0 Å². The number of hydrogen-bond donors (Lipinski definition) is 2. The molecule has 0 spiro atoms. The SMILES string of the molecule is CC(C)(O)C(=O)N1CC2=C(CN(Sc3ccc4c(c3)NCCO4)C2)C1. The molecule has 0 saturated carbocycles. The smallest absolute Gasteiger partial charge is 0.254 e. The highest BCUT2D eigenvalue weighted by molar-refractivity contribution is 7.97. The van der Waals surface area contributed by atoms with Gasteiger partial charge in [-0.15, -0.1) is 0 Å². The van der Waals surface area contributed by atoms with E-state index in [2.05, 4.69) is 21.8 Å². The van der Waals surface area contributed by atoms with Gasteiger partial charge >= 0.3 is 0 Å².